The van der Waals surface area contributed by atoms with Crippen molar-refractivity contribution >= 4 is 27.3 Å². The molecule has 4 heteroatoms. The second-order valence-corrected chi connectivity index (χ2v) is 7.19. The van der Waals surface area contributed by atoms with Crippen molar-refractivity contribution in [2.75, 3.05) is 13.2 Å². The van der Waals surface area contributed by atoms with Crippen molar-refractivity contribution in [3.63, 3.8) is 0 Å². The molecule has 2 aromatic rings. The van der Waals surface area contributed by atoms with Gasteiger partial charge in [0.15, 0.2) is 0 Å². The Morgan fingerprint density at radius 2 is 2.16 bits per heavy atom. The number of halogens is 1. The molecule has 0 fully saturated rings. The van der Waals surface area contributed by atoms with E-state index in [4.69, 9.17) is 4.74 Å². The molecule has 100 valence electrons. The molecule has 1 unspecified atom stereocenters. The average Bonchev–Trinajstić information content (AvgIpc) is 2.85. The first-order valence-electron chi connectivity index (χ1n) is 6.47. The van der Waals surface area contributed by atoms with Crippen molar-refractivity contribution < 1.29 is 4.74 Å². The molecule has 1 aromatic heterocycles. The number of ether oxygens (including phenoxy) is 1. The van der Waals surface area contributed by atoms with E-state index in [2.05, 4.69) is 57.6 Å². The number of thiophene rings is 1. The molecule has 2 nitrogen and oxygen atoms in total. The van der Waals surface area contributed by atoms with Gasteiger partial charge in [-0.05, 0) is 45.6 Å². The molecule has 0 amide bonds. The second-order valence-electron chi connectivity index (χ2n) is 4.64. The Bertz CT molecular complexity index is 555. The first-order valence-corrected chi connectivity index (χ1v) is 8.08. The maximum atomic E-state index is 5.88. The van der Waals surface area contributed by atoms with Crippen LogP contribution in [0.25, 0.3) is 0 Å². The molecule has 0 radical (unpaired) electrons. The smallest absolute Gasteiger partial charge is 0.0952 e. The predicted molar refractivity (Wildman–Crippen MR) is 82.6 cm³/mol. The minimum absolute atomic E-state index is 0.188. The number of hydrogen-bond donors (Lipinski definition) is 1. The summed E-state index contributed by atoms with van der Waals surface area (Å²) in [6, 6.07) is 12.8. The monoisotopic (exact) mass is 337 g/mol. The lowest BCUT2D eigenvalue weighted by Crippen LogP contribution is -2.27. The lowest BCUT2D eigenvalue weighted by molar-refractivity contribution is 0.0424. The molecule has 1 N–H and O–H groups in total. The molecule has 0 aliphatic carbocycles. The van der Waals surface area contributed by atoms with Crippen LogP contribution in [0, 0.1) is 0 Å². The number of hydrogen-bond acceptors (Lipinski definition) is 3. The van der Waals surface area contributed by atoms with Gasteiger partial charge in [0.1, 0.15) is 0 Å². The third-order valence-corrected chi connectivity index (χ3v) is 4.97. The van der Waals surface area contributed by atoms with Gasteiger partial charge in [-0.2, -0.15) is 0 Å². The lowest BCUT2D eigenvalue weighted by atomic mass is 9.97. The highest BCUT2D eigenvalue weighted by atomic mass is 79.9. The Labute approximate surface area is 125 Å². The number of benzene rings is 1. The van der Waals surface area contributed by atoms with E-state index in [9.17, 15) is 0 Å². The Hall–Kier alpha value is -0.680. The normalized spacial score (nSPS) is 18.3. The van der Waals surface area contributed by atoms with E-state index in [-0.39, 0.29) is 6.10 Å². The van der Waals surface area contributed by atoms with Crippen LogP contribution >= 0.6 is 27.3 Å². The lowest BCUT2D eigenvalue weighted by Gasteiger charge is -2.26. The van der Waals surface area contributed by atoms with Gasteiger partial charge in [-0.25, -0.2) is 0 Å². The van der Waals surface area contributed by atoms with Crippen LogP contribution in [0.3, 0.4) is 0 Å². The summed E-state index contributed by atoms with van der Waals surface area (Å²) in [7, 11) is 0. The summed E-state index contributed by atoms with van der Waals surface area (Å²) in [6.45, 7) is 2.60. The highest BCUT2D eigenvalue weighted by Gasteiger charge is 2.19. The van der Waals surface area contributed by atoms with E-state index >= 15 is 0 Å². The average molecular weight is 338 g/mol. The maximum absolute atomic E-state index is 5.88. The van der Waals surface area contributed by atoms with Crippen LogP contribution in [0.2, 0.25) is 0 Å². The molecule has 0 saturated heterocycles. The molecule has 0 spiro atoms. The van der Waals surface area contributed by atoms with Crippen molar-refractivity contribution in [1.29, 1.82) is 0 Å². The van der Waals surface area contributed by atoms with Gasteiger partial charge in [0.05, 0.1) is 16.5 Å². The SMILES string of the molecule is Brc1ccc(CNCC2OCCc3ccccc32)s1. The van der Waals surface area contributed by atoms with Gasteiger partial charge < -0.3 is 10.1 Å². The van der Waals surface area contributed by atoms with Crippen LogP contribution in [0.15, 0.2) is 40.2 Å². The molecule has 1 aliphatic heterocycles. The van der Waals surface area contributed by atoms with E-state index < -0.39 is 0 Å². The van der Waals surface area contributed by atoms with Gasteiger partial charge in [-0.15, -0.1) is 11.3 Å². The van der Waals surface area contributed by atoms with Crippen molar-refractivity contribution in [1.82, 2.24) is 5.32 Å². The van der Waals surface area contributed by atoms with Crippen molar-refractivity contribution in [2.24, 2.45) is 0 Å². The Kier molecular flexibility index (Phi) is 4.33. The van der Waals surface area contributed by atoms with Crippen molar-refractivity contribution in [3.8, 4) is 0 Å². The van der Waals surface area contributed by atoms with Gasteiger partial charge in [0.2, 0.25) is 0 Å². The van der Waals surface area contributed by atoms with E-state index in [1.54, 1.807) is 11.3 Å². The third-order valence-electron chi connectivity index (χ3n) is 3.35. The van der Waals surface area contributed by atoms with Crippen molar-refractivity contribution in [2.45, 2.75) is 19.1 Å². The summed E-state index contributed by atoms with van der Waals surface area (Å²) < 4.78 is 7.06. The first kappa shape index (κ1) is 13.3. The van der Waals surface area contributed by atoms with Crippen molar-refractivity contribution in [3.05, 3.63) is 56.2 Å². The largest absolute Gasteiger partial charge is 0.372 e. The quantitative estimate of drug-likeness (QED) is 0.913. The highest BCUT2D eigenvalue weighted by molar-refractivity contribution is 9.11. The number of rotatable bonds is 4. The fourth-order valence-electron chi connectivity index (χ4n) is 2.42. The summed E-state index contributed by atoms with van der Waals surface area (Å²) >= 11 is 5.26. The zero-order valence-corrected chi connectivity index (χ0v) is 13.0. The van der Waals surface area contributed by atoms with Crippen LogP contribution in [0.5, 0.6) is 0 Å². The number of fused-ring (bicyclic) bond motifs is 1. The van der Waals surface area contributed by atoms with Crippen LogP contribution in [-0.4, -0.2) is 13.2 Å². The topological polar surface area (TPSA) is 21.3 Å². The molecule has 0 saturated carbocycles. The Morgan fingerprint density at radius 3 is 3.00 bits per heavy atom. The van der Waals surface area contributed by atoms with Gasteiger partial charge >= 0.3 is 0 Å². The molecular weight excluding hydrogens is 322 g/mol. The molecule has 19 heavy (non-hydrogen) atoms. The van der Waals surface area contributed by atoms with Crippen LogP contribution < -0.4 is 5.32 Å². The Morgan fingerprint density at radius 1 is 1.26 bits per heavy atom. The zero-order chi connectivity index (χ0) is 13.1. The van der Waals surface area contributed by atoms with Gasteiger partial charge in [-0.1, -0.05) is 24.3 Å². The van der Waals surface area contributed by atoms with Gasteiger partial charge in [0, 0.05) is 18.0 Å². The predicted octanol–water partition coefficient (Wildman–Crippen LogP) is 3.91. The molecule has 3 rings (SSSR count). The highest BCUT2D eigenvalue weighted by Crippen LogP contribution is 2.26. The minimum atomic E-state index is 0.188. The summed E-state index contributed by atoms with van der Waals surface area (Å²) in [5.41, 5.74) is 2.77. The molecule has 1 aromatic carbocycles. The molecule has 1 aliphatic rings. The molecule has 2 heterocycles. The molecule has 0 bridgehead atoms. The maximum Gasteiger partial charge on any atom is 0.0952 e. The fraction of sp³-hybridized carbons (Fsp3) is 0.333. The standard InChI is InChI=1S/C15H16BrNOS/c16-15-6-5-12(19-15)9-17-10-14-13-4-2-1-3-11(13)7-8-18-14/h1-6,14,17H,7-10H2. The first-order chi connectivity index (χ1) is 9.33. The van der Waals surface area contributed by atoms with E-state index in [0.717, 1.165) is 26.1 Å². The second kappa shape index (κ2) is 6.18. The summed E-state index contributed by atoms with van der Waals surface area (Å²) in [4.78, 5) is 1.34. The van der Waals surface area contributed by atoms with E-state index in [1.165, 1.54) is 19.8 Å². The van der Waals surface area contributed by atoms with Crippen LogP contribution in [-0.2, 0) is 17.7 Å². The summed E-state index contributed by atoms with van der Waals surface area (Å²) in [6.07, 6.45) is 1.22. The van der Waals surface area contributed by atoms with Crippen LogP contribution in [0.1, 0.15) is 22.1 Å². The van der Waals surface area contributed by atoms with E-state index in [1.807, 2.05) is 0 Å². The van der Waals surface area contributed by atoms with E-state index in [0.29, 0.717) is 0 Å². The Balaban J connectivity index is 1.59. The third kappa shape index (κ3) is 3.26. The summed E-state index contributed by atoms with van der Waals surface area (Å²) in [5, 5.41) is 3.49. The molecular formula is C15H16BrNOS. The zero-order valence-electron chi connectivity index (χ0n) is 10.6. The van der Waals surface area contributed by atoms with Gasteiger partial charge in [0.25, 0.3) is 0 Å². The number of nitrogens with one attached hydrogen (secondary N) is 1. The summed E-state index contributed by atoms with van der Waals surface area (Å²) in [5.74, 6) is 0. The van der Waals surface area contributed by atoms with Gasteiger partial charge in [-0.3, -0.25) is 0 Å². The van der Waals surface area contributed by atoms with Crippen LogP contribution in [0.4, 0.5) is 0 Å². The fourth-order valence-corrected chi connectivity index (χ4v) is 3.87. The minimum Gasteiger partial charge on any atom is -0.372 e. The molecule has 1 atom stereocenters.